The van der Waals surface area contributed by atoms with E-state index in [-0.39, 0.29) is 10.5 Å². The Labute approximate surface area is 179 Å². The van der Waals surface area contributed by atoms with Crippen LogP contribution in [-0.4, -0.2) is 51.4 Å². The van der Waals surface area contributed by atoms with Gasteiger partial charge in [0.1, 0.15) is 5.75 Å². The molecule has 1 N–H and O–H groups in total. The van der Waals surface area contributed by atoms with Crippen molar-refractivity contribution < 1.29 is 27.5 Å². The zero-order chi connectivity index (χ0) is 21.7. The van der Waals surface area contributed by atoms with Gasteiger partial charge >= 0.3 is 5.97 Å². The molecule has 0 unspecified atom stereocenters. The summed E-state index contributed by atoms with van der Waals surface area (Å²) in [6, 6.07) is 10.3. The van der Waals surface area contributed by atoms with Crippen molar-refractivity contribution >= 4 is 39.2 Å². The van der Waals surface area contributed by atoms with E-state index in [9.17, 15) is 18.0 Å². The number of ether oxygens (including phenoxy) is 2. The van der Waals surface area contributed by atoms with E-state index >= 15 is 0 Å². The Bertz CT molecular complexity index is 1050. The number of halogens is 1. The topological polar surface area (TPSA) is 102 Å². The summed E-state index contributed by atoms with van der Waals surface area (Å²) in [5.74, 6) is -0.995. The summed E-state index contributed by atoms with van der Waals surface area (Å²) in [6.07, 6.45) is 1.63. The smallest absolute Gasteiger partial charge is 0.338 e. The molecule has 0 aliphatic carbocycles. The van der Waals surface area contributed by atoms with E-state index in [2.05, 4.69) is 5.32 Å². The van der Waals surface area contributed by atoms with Gasteiger partial charge in [0.15, 0.2) is 6.61 Å². The molecule has 1 heterocycles. The highest BCUT2D eigenvalue weighted by atomic mass is 35.5. The number of hydrogen-bond acceptors (Lipinski definition) is 6. The normalized spacial score (nSPS) is 14.3. The summed E-state index contributed by atoms with van der Waals surface area (Å²) in [5.41, 5.74) is 0.383. The number of esters is 1. The first-order valence-corrected chi connectivity index (χ1v) is 11.0. The van der Waals surface area contributed by atoms with Crippen molar-refractivity contribution in [2.24, 2.45) is 0 Å². The van der Waals surface area contributed by atoms with Gasteiger partial charge in [-0.1, -0.05) is 17.7 Å². The Kier molecular flexibility index (Phi) is 6.96. The van der Waals surface area contributed by atoms with Gasteiger partial charge in [0.05, 0.1) is 23.3 Å². The van der Waals surface area contributed by atoms with Crippen LogP contribution in [0.4, 0.5) is 5.69 Å². The Morgan fingerprint density at radius 2 is 1.87 bits per heavy atom. The number of rotatable bonds is 7. The molecule has 1 amide bonds. The van der Waals surface area contributed by atoms with Crippen LogP contribution >= 0.6 is 11.6 Å². The number of nitrogens with one attached hydrogen (secondary N) is 1. The van der Waals surface area contributed by atoms with Crippen molar-refractivity contribution in [3.05, 3.63) is 53.1 Å². The predicted molar refractivity (Wildman–Crippen MR) is 111 cm³/mol. The molecule has 0 saturated carbocycles. The molecule has 1 saturated heterocycles. The average Bonchev–Trinajstić information content (AvgIpc) is 3.28. The summed E-state index contributed by atoms with van der Waals surface area (Å²) in [7, 11) is -2.21. The van der Waals surface area contributed by atoms with Gasteiger partial charge in [-0.05, 0) is 49.2 Å². The monoisotopic (exact) mass is 452 g/mol. The second-order valence-electron chi connectivity index (χ2n) is 6.61. The highest BCUT2D eigenvalue weighted by Gasteiger charge is 2.27. The van der Waals surface area contributed by atoms with Crippen molar-refractivity contribution in [2.75, 3.05) is 32.1 Å². The second kappa shape index (κ2) is 9.46. The number of benzene rings is 2. The molecule has 0 spiro atoms. The van der Waals surface area contributed by atoms with Crippen LogP contribution in [-0.2, 0) is 19.6 Å². The molecule has 0 bridgehead atoms. The quantitative estimate of drug-likeness (QED) is 0.648. The van der Waals surface area contributed by atoms with Gasteiger partial charge < -0.3 is 14.8 Å². The minimum absolute atomic E-state index is 0.0203. The Balaban J connectivity index is 1.64. The fourth-order valence-electron chi connectivity index (χ4n) is 3.04. The molecule has 160 valence electrons. The summed E-state index contributed by atoms with van der Waals surface area (Å²) in [5, 5.41) is 2.96. The van der Waals surface area contributed by atoms with Crippen molar-refractivity contribution in [1.29, 1.82) is 0 Å². The van der Waals surface area contributed by atoms with Crippen LogP contribution < -0.4 is 10.1 Å². The van der Waals surface area contributed by atoms with Crippen LogP contribution in [0.15, 0.2) is 47.4 Å². The fourth-order valence-corrected chi connectivity index (χ4v) is 4.78. The maximum absolute atomic E-state index is 12.7. The van der Waals surface area contributed by atoms with E-state index in [0.717, 1.165) is 12.8 Å². The third-order valence-corrected chi connectivity index (χ3v) is 6.67. The highest BCUT2D eigenvalue weighted by Crippen LogP contribution is 2.27. The number of methoxy groups -OCH3 is 1. The Hall–Kier alpha value is -2.62. The zero-order valence-corrected chi connectivity index (χ0v) is 17.8. The number of amides is 1. The van der Waals surface area contributed by atoms with Gasteiger partial charge in [0.2, 0.25) is 10.0 Å². The standard InChI is InChI=1S/C20H21ClN2O6S/c1-28-18-8-7-15(21)12-17(18)22-19(24)13-29-20(25)14-5-4-6-16(11-14)30(26,27)23-9-2-3-10-23/h4-8,11-12H,2-3,9-10,13H2,1H3,(H,22,24). The number of carbonyl (C=O) groups is 2. The zero-order valence-electron chi connectivity index (χ0n) is 16.3. The molecule has 2 aromatic rings. The molecule has 1 fully saturated rings. The molecule has 30 heavy (non-hydrogen) atoms. The minimum atomic E-state index is -3.66. The first-order chi connectivity index (χ1) is 14.3. The number of sulfonamides is 1. The Morgan fingerprint density at radius 3 is 2.57 bits per heavy atom. The van der Waals surface area contributed by atoms with Crippen LogP contribution in [0.1, 0.15) is 23.2 Å². The maximum Gasteiger partial charge on any atom is 0.338 e. The fraction of sp³-hybridized carbons (Fsp3) is 0.300. The van der Waals surface area contributed by atoms with Gasteiger partial charge in [-0.15, -0.1) is 0 Å². The van der Waals surface area contributed by atoms with Crippen molar-refractivity contribution in [2.45, 2.75) is 17.7 Å². The lowest BCUT2D eigenvalue weighted by Crippen LogP contribution is -2.28. The maximum atomic E-state index is 12.7. The average molecular weight is 453 g/mol. The summed E-state index contributed by atoms with van der Waals surface area (Å²) in [6.45, 7) is 0.367. The second-order valence-corrected chi connectivity index (χ2v) is 8.98. The van der Waals surface area contributed by atoms with Gasteiger partial charge in [0, 0.05) is 18.1 Å². The van der Waals surface area contributed by atoms with E-state index in [1.165, 1.54) is 41.7 Å². The van der Waals surface area contributed by atoms with E-state index < -0.39 is 28.5 Å². The van der Waals surface area contributed by atoms with Crippen LogP contribution in [0.2, 0.25) is 5.02 Å². The molecular weight excluding hydrogens is 432 g/mol. The summed E-state index contributed by atoms with van der Waals surface area (Å²) < 4.78 is 36.9. The third kappa shape index (κ3) is 5.10. The lowest BCUT2D eigenvalue weighted by Gasteiger charge is -2.16. The number of anilines is 1. The lowest BCUT2D eigenvalue weighted by atomic mass is 10.2. The molecule has 0 atom stereocenters. The number of carbonyl (C=O) groups excluding carboxylic acids is 2. The third-order valence-electron chi connectivity index (χ3n) is 4.54. The SMILES string of the molecule is COc1ccc(Cl)cc1NC(=O)COC(=O)c1cccc(S(=O)(=O)N2CCCC2)c1. The van der Waals surface area contributed by atoms with Gasteiger partial charge in [-0.25, -0.2) is 13.2 Å². The molecule has 1 aliphatic heterocycles. The number of nitrogens with zero attached hydrogens (tertiary/aromatic N) is 1. The lowest BCUT2D eigenvalue weighted by molar-refractivity contribution is -0.119. The summed E-state index contributed by atoms with van der Waals surface area (Å²) >= 11 is 5.92. The molecule has 1 aliphatic rings. The van der Waals surface area contributed by atoms with E-state index in [1.54, 1.807) is 12.1 Å². The van der Waals surface area contributed by atoms with Crippen LogP contribution in [0.5, 0.6) is 5.75 Å². The van der Waals surface area contributed by atoms with Gasteiger partial charge in [-0.2, -0.15) is 4.31 Å². The first kappa shape index (κ1) is 22.1. The molecule has 3 rings (SSSR count). The molecule has 0 aromatic heterocycles. The van der Waals surface area contributed by atoms with Crippen molar-refractivity contribution in [3.63, 3.8) is 0 Å². The van der Waals surface area contributed by atoms with Crippen LogP contribution in [0.3, 0.4) is 0 Å². The predicted octanol–water partition coefficient (Wildman–Crippen LogP) is 2.93. The molecular formula is C20H21ClN2O6S. The Morgan fingerprint density at radius 1 is 1.13 bits per heavy atom. The van der Waals surface area contributed by atoms with Gasteiger partial charge in [0.25, 0.3) is 5.91 Å². The van der Waals surface area contributed by atoms with Crippen LogP contribution in [0.25, 0.3) is 0 Å². The molecule has 8 nitrogen and oxygen atoms in total. The largest absolute Gasteiger partial charge is 0.495 e. The summed E-state index contributed by atoms with van der Waals surface area (Å²) in [4.78, 5) is 24.5. The first-order valence-electron chi connectivity index (χ1n) is 9.22. The molecule has 10 heteroatoms. The van der Waals surface area contributed by atoms with Crippen molar-refractivity contribution in [3.8, 4) is 5.75 Å². The van der Waals surface area contributed by atoms with E-state index in [1.807, 2.05) is 0 Å². The van der Waals surface area contributed by atoms with E-state index in [4.69, 9.17) is 21.1 Å². The molecule has 2 aromatic carbocycles. The highest BCUT2D eigenvalue weighted by molar-refractivity contribution is 7.89. The van der Waals surface area contributed by atoms with Crippen LogP contribution in [0, 0.1) is 0 Å². The van der Waals surface area contributed by atoms with Gasteiger partial charge in [-0.3, -0.25) is 4.79 Å². The van der Waals surface area contributed by atoms with Crippen molar-refractivity contribution in [1.82, 2.24) is 4.31 Å². The number of hydrogen-bond donors (Lipinski definition) is 1. The molecule has 0 radical (unpaired) electrons. The minimum Gasteiger partial charge on any atom is -0.495 e. The van der Waals surface area contributed by atoms with E-state index in [0.29, 0.717) is 29.5 Å².